The zero-order valence-electron chi connectivity index (χ0n) is 11.2. The molecule has 6 nitrogen and oxygen atoms in total. The number of non-ortho nitro benzene ring substituents is 1. The van der Waals surface area contributed by atoms with Crippen LogP contribution in [0.1, 0.15) is 5.56 Å². The molecule has 2 aromatic rings. The van der Waals surface area contributed by atoms with Gasteiger partial charge in [0.25, 0.3) is 5.69 Å². The van der Waals surface area contributed by atoms with Gasteiger partial charge in [0, 0.05) is 19.2 Å². The van der Waals surface area contributed by atoms with Crippen LogP contribution in [0.4, 0.5) is 11.5 Å². The van der Waals surface area contributed by atoms with Gasteiger partial charge in [0.15, 0.2) is 0 Å². The summed E-state index contributed by atoms with van der Waals surface area (Å²) < 4.78 is 5.61. The zero-order valence-corrected chi connectivity index (χ0v) is 12.7. The molecule has 110 valence electrons. The highest BCUT2D eigenvalue weighted by molar-refractivity contribution is 6.36. The SMILES string of the molecule is CNc1nc(Oc2ccc([N+](=O)[O-])cc2C)c(Cl)cc1Cl. The number of ether oxygens (including phenoxy) is 1. The second-order valence-corrected chi connectivity index (χ2v) is 4.98. The van der Waals surface area contributed by atoms with Crippen LogP contribution in [0.3, 0.4) is 0 Å². The molecular weight excluding hydrogens is 317 g/mol. The molecule has 0 aliphatic carbocycles. The largest absolute Gasteiger partial charge is 0.437 e. The average molecular weight is 328 g/mol. The normalized spacial score (nSPS) is 10.3. The van der Waals surface area contributed by atoms with Gasteiger partial charge in [-0.25, -0.2) is 0 Å². The lowest BCUT2D eigenvalue weighted by Crippen LogP contribution is -1.98. The van der Waals surface area contributed by atoms with E-state index >= 15 is 0 Å². The van der Waals surface area contributed by atoms with Gasteiger partial charge in [-0.2, -0.15) is 4.98 Å². The molecule has 1 aromatic heterocycles. The van der Waals surface area contributed by atoms with Crippen molar-refractivity contribution in [1.82, 2.24) is 4.98 Å². The number of pyridine rings is 1. The van der Waals surface area contributed by atoms with Crippen LogP contribution in [0.5, 0.6) is 11.6 Å². The van der Waals surface area contributed by atoms with Crippen LogP contribution in [0.15, 0.2) is 24.3 Å². The second kappa shape index (κ2) is 6.15. The highest BCUT2D eigenvalue weighted by Gasteiger charge is 2.14. The zero-order chi connectivity index (χ0) is 15.6. The van der Waals surface area contributed by atoms with Crippen molar-refractivity contribution in [2.75, 3.05) is 12.4 Å². The minimum absolute atomic E-state index is 0.00840. The lowest BCUT2D eigenvalue weighted by molar-refractivity contribution is -0.384. The van der Waals surface area contributed by atoms with Crippen molar-refractivity contribution >= 4 is 34.7 Å². The first kappa shape index (κ1) is 15.3. The summed E-state index contributed by atoms with van der Waals surface area (Å²) in [5.74, 6) is 1.03. The molecule has 1 N–H and O–H groups in total. The van der Waals surface area contributed by atoms with Crippen LogP contribution >= 0.6 is 23.2 Å². The van der Waals surface area contributed by atoms with Crippen molar-refractivity contribution in [3.05, 3.63) is 50.0 Å². The Morgan fingerprint density at radius 2 is 2.00 bits per heavy atom. The Balaban J connectivity index is 2.36. The Kier molecular flexibility index (Phi) is 4.50. The molecule has 1 heterocycles. The number of nitro benzene ring substituents is 1. The Morgan fingerprint density at radius 3 is 2.57 bits per heavy atom. The van der Waals surface area contributed by atoms with Crippen LogP contribution in [-0.4, -0.2) is 17.0 Å². The second-order valence-electron chi connectivity index (χ2n) is 4.16. The summed E-state index contributed by atoms with van der Waals surface area (Å²) in [6.07, 6.45) is 0. The van der Waals surface area contributed by atoms with Gasteiger partial charge in [-0.1, -0.05) is 23.2 Å². The molecule has 0 radical (unpaired) electrons. The van der Waals surface area contributed by atoms with Crippen LogP contribution in [0.25, 0.3) is 0 Å². The minimum Gasteiger partial charge on any atom is -0.437 e. The van der Waals surface area contributed by atoms with E-state index in [2.05, 4.69) is 10.3 Å². The highest BCUT2D eigenvalue weighted by Crippen LogP contribution is 2.35. The van der Waals surface area contributed by atoms with Gasteiger partial charge in [0.1, 0.15) is 16.6 Å². The van der Waals surface area contributed by atoms with E-state index in [4.69, 9.17) is 27.9 Å². The average Bonchev–Trinajstić information content (AvgIpc) is 2.43. The van der Waals surface area contributed by atoms with Crippen LogP contribution in [-0.2, 0) is 0 Å². The quantitative estimate of drug-likeness (QED) is 0.663. The maximum absolute atomic E-state index is 10.7. The van der Waals surface area contributed by atoms with E-state index in [1.165, 1.54) is 24.3 Å². The molecule has 0 saturated heterocycles. The summed E-state index contributed by atoms with van der Waals surface area (Å²) >= 11 is 12.0. The molecule has 0 spiro atoms. The molecule has 0 bridgehead atoms. The molecule has 21 heavy (non-hydrogen) atoms. The molecule has 2 rings (SSSR count). The number of anilines is 1. The van der Waals surface area contributed by atoms with Crippen molar-refractivity contribution in [2.24, 2.45) is 0 Å². The third-order valence-electron chi connectivity index (χ3n) is 2.71. The maximum atomic E-state index is 10.7. The monoisotopic (exact) mass is 327 g/mol. The Morgan fingerprint density at radius 1 is 1.29 bits per heavy atom. The standard InChI is InChI=1S/C13H11Cl2N3O3/c1-7-5-8(18(19)20)3-4-11(7)21-13-10(15)6-9(14)12(16-2)17-13/h3-6H,1-2H3,(H,16,17). The predicted molar refractivity (Wildman–Crippen MR) is 81.7 cm³/mol. The lowest BCUT2D eigenvalue weighted by atomic mass is 10.2. The van der Waals surface area contributed by atoms with Gasteiger partial charge in [0.05, 0.1) is 9.95 Å². The number of benzene rings is 1. The van der Waals surface area contributed by atoms with E-state index in [0.717, 1.165) is 0 Å². The molecule has 0 unspecified atom stereocenters. The molecule has 0 atom stereocenters. The van der Waals surface area contributed by atoms with Crippen LogP contribution < -0.4 is 10.1 Å². The van der Waals surface area contributed by atoms with Gasteiger partial charge >= 0.3 is 0 Å². The Hall–Kier alpha value is -2.05. The van der Waals surface area contributed by atoms with E-state index in [1.807, 2.05) is 0 Å². The number of nitro groups is 1. The first-order valence-electron chi connectivity index (χ1n) is 5.89. The first-order valence-corrected chi connectivity index (χ1v) is 6.64. The van der Waals surface area contributed by atoms with Crippen LogP contribution in [0.2, 0.25) is 10.0 Å². The fraction of sp³-hybridized carbons (Fsp3) is 0.154. The summed E-state index contributed by atoms with van der Waals surface area (Å²) in [6.45, 7) is 1.70. The molecule has 0 aliphatic rings. The van der Waals surface area contributed by atoms with E-state index in [0.29, 0.717) is 22.2 Å². The molecule has 0 saturated carbocycles. The van der Waals surface area contributed by atoms with Crippen molar-refractivity contribution in [1.29, 1.82) is 0 Å². The number of halogens is 2. The Bertz CT molecular complexity index is 707. The van der Waals surface area contributed by atoms with Crippen molar-refractivity contribution in [2.45, 2.75) is 6.92 Å². The van der Waals surface area contributed by atoms with Gasteiger partial charge < -0.3 is 10.1 Å². The topological polar surface area (TPSA) is 77.3 Å². The molecule has 0 fully saturated rings. The molecule has 0 amide bonds. The molecule has 1 aromatic carbocycles. The Labute approximate surface area is 130 Å². The first-order chi connectivity index (χ1) is 9.92. The number of aromatic nitrogens is 1. The van der Waals surface area contributed by atoms with Gasteiger partial charge in [-0.3, -0.25) is 10.1 Å². The van der Waals surface area contributed by atoms with Gasteiger partial charge in [-0.15, -0.1) is 0 Å². The summed E-state index contributed by atoms with van der Waals surface area (Å²) in [6, 6.07) is 5.78. The number of aryl methyl sites for hydroxylation is 1. The maximum Gasteiger partial charge on any atom is 0.269 e. The molecule has 8 heteroatoms. The number of hydrogen-bond donors (Lipinski definition) is 1. The minimum atomic E-state index is -0.469. The van der Waals surface area contributed by atoms with Crippen molar-refractivity contribution in [3.63, 3.8) is 0 Å². The van der Waals surface area contributed by atoms with E-state index < -0.39 is 4.92 Å². The number of nitrogens with one attached hydrogen (secondary N) is 1. The smallest absolute Gasteiger partial charge is 0.269 e. The fourth-order valence-corrected chi connectivity index (χ4v) is 2.15. The fourth-order valence-electron chi connectivity index (χ4n) is 1.66. The summed E-state index contributed by atoms with van der Waals surface area (Å²) in [5, 5.41) is 14.1. The van der Waals surface area contributed by atoms with Crippen molar-refractivity contribution in [3.8, 4) is 11.6 Å². The highest BCUT2D eigenvalue weighted by atomic mass is 35.5. The summed E-state index contributed by atoms with van der Waals surface area (Å²) in [5.41, 5.74) is 0.592. The third kappa shape index (κ3) is 3.34. The number of nitrogens with zero attached hydrogens (tertiary/aromatic N) is 2. The van der Waals surface area contributed by atoms with E-state index in [1.54, 1.807) is 14.0 Å². The number of hydrogen-bond acceptors (Lipinski definition) is 5. The van der Waals surface area contributed by atoms with E-state index in [-0.39, 0.29) is 16.6 Å². The van der Waals surface area contributed by atoms with E-state index in [9.17, 15) is 10.1 Å². The lowest BCUT2D eigenvalue weighted by Gasteiger charge is -2.11. The summed E-state index contributed by atoms with van der Waals surface area (Å²) in [7, 11) is 1.67. The number of rotatable bonds is 4. The van der Waals surface area contributed by atoms with Crippen molar-refractivity contribution < 1.29 is 9.66 Å². The third-order valence-corrected chi connectivity index (χ3v) is 3.27. The van der Waals surface area contributed by atoms with Gasteiger partial charge in [0.2, 0.25) is 5.88 Å². The summed E-state index contributed by atoms with van der Waals surface area (Å²) in [4.78, 5) is 14.4. The molecular formula is C13H11Cl2N3O3. The molecule has 0 aliphatic heterocycles. The predicted octanol–water partition coefficient (Wildman–Crippen LogP) is 4.44. The van der Waals surface area contributed by atoms with Crippen LogP contribution in [0, 0.1) is 17.0 Å². The van der Waals surface area contributed by atoms with Gasteiger partial charge in [-0.05, 0) is 24.6 Å².